The Morgan fingerprint density at radius 2 is 1.06 bits per heavy atom. The van der Waals surface area contributed by atoms with Crippen LogP contribution >= 0.6 is 0 Å². The standard InChI is InChI=1S/C26H22O8/c27-23(17-10-4-1-5-11-17)31-16-20-21(33-24(28)18-12-6-2-7-13-18)22(26(30)32-20)34-25(29)19-14-8-3-9-15-19/h1-15,20-22,26,30H,16H2/t20?,21-,22-,26?/m1/s1. The van der Waals surface area contributed by atoms with Gasteiger partial charge in [0, 0.05) is 0 Å². The van der Waals surface area contributed by atoms with E-state index in [0.717, 1.165) is 0 Å². The summed E-state index contributed by atoms with van der Waals surface area (Å²) >= 11 is 0. The second-order valence-corrected chi connectivity index (χ2v) is 7.50. The number of hydrogen-bond donors (Lipinski definition) is 1. The highest BCUT2D eigenvalue weighted by molar-refractivity contribution is 5.90. The lowest BCUT2D eigenvalue weighted by Crippen LogP contribution is -2.42. The van der Waals surface area contributed by atoms with Crippen molar-refractivity contribution in [3.05, 3.63) is 108 Å². The fourth-order valence-electron chi connectivity index (χ4n) is 3.46. The number of rotatable bonds is 7. The molecular weight excluding hydrogens is 440 g/mol. The van der Waals surface area contributed by atoms with E-state index in [1.807, 2.05) is 0 Å². The van der Waals surface area contributed by atoms with Crippen molar-refractivity contribution in [2.45, 2.75) is 24.6 Å². The Labute approximate surface area is 195 Å². The molecule has 4 atom stereocenters. The molecule has 174 valence electrons. The first-order valence-corrected chi connectivity index (χ1v) is 10.6. The van der Waals surface area contributed by atoms with Crippen LogP contribution in [0.25, 0.3) is 0 Å². The third-order valence-corrected chi connectivity index (χ3v) is 5.18. The molecule has 1 heterocycles. The average Bonchev–Trinajstić information content (AvgIpc) is 3.17. The van der Waals surface area contributed by atoms with Gasteiger partial charge in [-0.05, 0) is 36.4 Å². The van der Waals surface area contributed by atoms with Gasteiger partial charge in [-0.25, -0.2) is 14.4 Å². The molecule has 34 heavy (non-hydrogen) atoms. The molecule has 0 bridgehead atoms. The molecule has 0 saturated carbocycles. The van der Waals surface area contributed by atoms with E-state index >= 15 is 0 Å². The molecule has 1 fully saturated rings. The molecule has 4 rings (SSSR count). The lowest BCUT2D eigenvalue weighted by atomic mass is 10.1. The van der Waals surface area contributed by atoms with Gasteiger partial charge in [-0.2, -0.15) is 0 Å². The molecule has 0 amide bonds. The van der Waals surface area contributed by atoms with Crippen LogP contribution in [0.2, 0.25) is 0 Å². The monoisotopic (exact) mass is 462 g/mol. The van der Waals surface area contributed by atoms with E-state index in [1.165, 1.54) is 0 Å². The third-order valence-electron chi connectivity index (χ3n) is 5.18. The highest BCUT2D eigenvalue weighted by Gasteiger charge is 2.50. The van der Waals surface area contributed by atoms with Gasteiger partial charge < -0.3 is 24.1 Å². The minimum absolute atomic E-state index is 0.252. The van der Waals surface area contributed by atoms with E-state index in [9.17, 15) is 19.5 Å². The summed E-state index contributed by atoms with van der Waals surface area (Å²) in [5.41, 5.74) is 0.838. The van der Waals surface area contributed by atoms with Crippen LogP contribution < -0.4 is 0 Å². The Morgan fingerprint density at radius 1 is 0.647 bits per heavy atom. The molecule has 1 saturated heterocycles. The van der Waals surface area contributed by atoms with Crippen LogP contribution in [0.1, 0.15) is 31.1 Å². The summed E-state index contributed by atoms with van der Waals surface area (Å²) in [6.07, 6.45) is -5.22. The van der Waals surface area contributed by atoms with E-state index in [2.05, 4.69) is 0 Å². The fourth-order valence-corrected chi connectivity index (χ4v) is 3.46. The molecule has 3 aromatic rings. The Morgan fingerprint density at radius 3 is 1.53 bits per heavy atom. The average molecular weight is 462 g/mol. The van der Waals surface area contributed by atoms with Gasteiger partial charge in [-0.3, -0.25) is 0 Å². The Kier molecular flexibility index (Phi) is 7.31. The maximum absolute atomic E-state index is 12.7. The maximum atomic E-state index is 12.7. The Hall–Kier alpha value is -4.01. The van der Waals surface area contributed by atoms with Gasteiger partial charge in [0.25, 0.3) is 0 Å². The van der Waals surface area contributed by atoms with Crippen LogP contribution in [-0.4, -0.2) is 54.2 Å². The number of aliphatic hydroxyl groups excluding tert-OH is 1. The molecule has 1 aliphatic heterocycles. The Balaban J connectivity index is 1.51. The summed E-state index contributed by atoms with van der Waals surface area (Å²) in [7, 11) is 0. The van der Waals surface area contributed by atoms with Crippen LogP contribution in [0.4, 0.5) is 0 Å². The predicted octanol–water partition coefficient (Wildman–Crippen LogP) is 3.01. The maximum Gasteiger partial charge on any atom is 0.338 e. The van der Waals surface area contributed by atoms with Crippen LogP contribution in [0, 0.1) is 0 Å². The molecule has 1 aliphatic rings. The van der Waals surface area contributed by atoms with E-state index in [0.29, 0.717) is 5.56 Å². The summed E-state index contributed by atoms with van der Waals surface area (Å²) in [6.45, 7) is -0.336. The van der Waals surface area contributed by atoms with Crippen molar-refractivity contribution in [1.82, 2.24) is 0 Å². The minimum Gasteiger partial charge on any atom is -0.459 e. The number of carbonyl (C=O) groups is 3. The van der Waals surface area contributed by atoms with Crippen molar-refractivity contribution in [3.8, 4) is 0 Å². The van der Waals surface area contributed by atoms with Crippen molar-refractivity contribution >= 4 is 17.9 Å². The quantitative estimate of drug-likeness (QED) is 0.422. The molecule has 0 aliphatic carbocycles. The van der Waals surface area contributed by atoms with Crippen molar-refractivity contribution < 1.29 is 38.4 Å². The first kappa shape index (κ1) is 23.2. The number of esters is 3. The molecule has 0 spiro atoms. The highest BCUT2D eigenvalue weighted by Crippen LogP contribution is 2.28. The molecule has 0 aromatic heterocycles. The highest BCUT2D eigenvalue weighted by atomic mass is 16.7. The van der Waals surface area contributed by atoms with Gasteiger partial charge in [0.2, 0.25) is 0 Å². The topological polar surface area (TPSA) is 108 Å². The minimum atomic E-state index is -1.60. The van der Waals surface area contributed by atoms with E-state index < -0.39 is 42.5 Å². The molecule has 8 nitrogen and oxygen atoms in total. The van der Waals surface area contributed by atoms with Crippen LogP contribution in [0.5, 0.6) is 0 Å². The zero-order chi connectivity index (χ0) is 23.9. The van der Waals surface area contributed by atoms with Gasteiger partial charge in [0.1, 0.15) is 12.7 Å². The largest absolute Gasteiger partial charge is 0.459 e. The second-order valence-electron chi connectivity index (χ2n) is 7.50. The molecule has 2 unspecified atom stereocenters. The second kappa shape index (κ2) is 10.7. The molecule has 0 radical (unpaired) electrons. The molecule has 8 heteroatoms. The summed E-state index contributed by atoms with van der Waals surface area (Å²) < 4.78 is 21.8. The lowest BCUT2D eigenvalue weighted by Gasteiger charge is -2.23. The summed E-state index contributed by atoms with van der Waals surface area (Å²) in [6, 6.07) is 24.7. The first-order valence-electron chi connectivity index (χ1n) is 10.6. The van der Waals surface area contributed by atoms with Crippen molar-refractivity contribution in [1.29, 1.82) is 0 Å². The molecular formula is C26H22O8. The summed E-state index contributed by atoms with van der Waals surface area (Å²) in [4.78, 5) is 37.6. The van der Waals surface area contributed by atoms with Gasteiger partial charge in [-0.15, -0.1) is 0 Å². The third kappa shape index (κ3) is 5.48. The van der Waals surface area contributed by atoms with Crippen molar-refractivity contribution in [3.63, 3.8) is 0 Å². The van der Waals surface area contributed by atoms with Gasteiger partial charge in [0.15, 0.2) is 18.5 Å². The molecule has 1 N–H and O–H groups in total. The number of ether oxygens (including phenoxy) is 4. The van der Waals surface area contributed by atoms with Gasteiger partial charge in [-0.1, -0.05) is 54.6 Å². The SMILES string of the molecule is O=C(OCC1OC(O)[C@H](OC(=O)c2ccccc2)[C@@H]1OC(=O)c1ccccc1)c1ccccc1. The first-order chi connectivity index (χ1) is 16.5. The van der Waals surface area contributed by atoms with Crippen LogP contribution in [0.3, 0.4) is 0 Å². The Bertz CT molecular complexity index is 1120. The van der Waals surface area contributed by atoms with Crippen molar-refractivity contribution in [2.24, 2.45) is 0 Å². The van der Waals surface area contributed by atoms with Gasteiger partial charge >= 0.3 is 17.9 Å². The fraction of sp³-hybridized carbons (Fsp3) is 0.192. The summed E-state index contributed by atoms with van der Waals surface area (Å²) in [5, 5.41) is 10.5. The normalized spacial score (nSPS) is 21.4. The predicted molar refractivity (Wildman–Crippen MR) is 119 cm³/mol. The molecule has 3 aromatic carbocycles. The number of benzene rings is 3. The van der Waals surface area contributed by atoms with Crippen LogP contribution in [0.15, 0.2) is 91.0 Å². The zero-order valence-electron chi connectivity index (χ0n) is 18.0. The van der Waals surface area contributed by atoms with Crippen molar-refractivity contribution in [2.75, 3.05) is 6.61 Å². The lowest BCUT2D eigenvalue weighted by molar-refractivity contribution is -0.135. The van der Waals surface area contributed by atoms with E-state index in [4.69, 9.17) is 18.9 Å². The zero-order valence-corrected chi connectivity index (χ0v) is 18.0. The summed E-state index contributed by atoms with van der Waals surface area (Å²) in [5.74, 6) is -2.05. The van der Waals surface area contributed by atoms with E-state index in [-0.39, 0.29) is 17.7 Å². The van der Waals surface area contributed by atoms with Crippen LogP contribution in [-0.2, 0) is 18.9 Å². The number of aliphatic hydroxyl groups is 1. The number of hydrogen-bond acceptors (Lipinski definition) is 8. The number of carbonyl (C=O) groups excluding carboxylic acids is 3. The van der Waals surface area contributed by atoms with E-state index in [1.54, 1.807) is 91.0 Å². The smallest absolute Gasteiger partial charge is 0.338 e. The van der Waals surface area contributed by atoms with Gasteiger partial charge in [0.05, 0.1) is 16.7 Å².